The number of alkyl halides is 4. The number of carbonyl (C=O) groups is 1. The van der Waals surface area contributed by atoms with E-state index in [4.69, 9.17) is 5.11 Å². The third-order valence-electron chi connectivity index (χ3n) is 1.59. The fourth-order valence-corrected chi connectivity index (χ4v) is 0.871. The van der Waals surface area contributed by atoms with Gasteiger partial charge in [0.25, 0.3) is 0 Å². The van der Waals surface area contributed by atoms with Crippen LogP contribution in [0.25, 0.3) is 0 Å². The first kappa shape index (κ1) is 11.4. The minimum Gasteiger partial charge on any atom is -0.477 e. The second kappa shape index (κ2) is 3.84. The number of pyridine rings is 1. The Labute approximate surface area is 81.4 Å². The van der Waals surface area contributed by atoms with Crippen molar-refractivity contribution in [1.82, 2.24) is 4.98 Å². The third-order valence-corrected chi connectivity index (χ3v) is 1.59. The zero-order valence-corrected chi connectivity index (χ0v) is 7.12. The highest BCUT2D eigenvalue weighted by atomic mass is 19.4. The van der Waals surface area contributed by atoms with Crippen molar-refractivity contribution in [2.45, 2.75) is 12.3 Å². The van der Waals surface area contributed by atoms with E-state index in [0.717, 1.165) is 12.1 Å². The molecule has 1 unspecified atom stereocenters. The zero-order chi connectivity index (χ0) is 11.6. The Morgan fingerprint density at radius 1 is 1.40 bits per heavy atom. The predicted octanol–water partition coefficient (Wildman–Crippen LogP) is 2.35. The summed E-state index contributed by atoms with van der Waals surface area (Å²) in [5, 5.41) is 8.40. The molecule has 0 aliphatic rings. The topological polar surface area (TPSA) is 50.2 Å². The van der Waals surface area contributed by atoms with Crippen molar-refractivity contribution in [3.63, 3.8) is 0 Å². The molecule has 0 aromatic carbocycles. The Morgan fingerprint density at radius 3 is 2.33 bits per heavy atom. The van der Waals surface area contributed by atoms with Crippen molar-refractivity contribution < 1.29 is 27.5 Å². The molecule has 15 heavy (non-hydrogen) atoms. The third kappa shape index (κ3) is 2.64. The van der Waals surface area contributed by atoms with Crippen molar-refractivity contribution in [3.05, 3.63) is 29.6 Å². The summed E-state index contributed by atoms with van der Waals surface area (Å²) in [6, 6.07) is 1.56. The van der Waals surface area contributed by atoms with Crippen molar-refractivity contribution in [1.29, 1.82) is 0 Å². The number of aromatic nitrogens is 1. The van der Waals surface area contributed by atoms with Crippen LogP contribution in [-0.2, 0) is 0 Å². The zero-order valence-electron chi connectivity index (χ0n) is 7.12. The number of halogens is 4. The molecule has 1 N–H and O–H groups in total. The molecule has 1 rings (SSSR count). The summed E-state index contributed by atoms with van der Waals surface area (Å²) in [6.45, 7) is 0. The lowest BCUT2D eigenvalue weighted by Crippen LogP contribution is -2.17. The summed E-state index contributed by atoms with van der Waals surface area (Å²) in [7, 11) is 0. The maximum atomic E-state index is 12.7. The summed E-state index contributed by atoms with van der Waals surface area (Å²) in [6.07, 6.45) is -7.60. The van der Waals surface area contributed by atoms with E-state index < -0.39 is 29.6 Å². The van der Waals surface area contributed by atoms with Crippen LogP contribution in [0.4, 0.5) is 17.6 Å². The van der Waals surface area contributed by atoms with Crippen LogP contribution in [-0.4, -0.2) is 22.2 Å². The summed E-state index contributed by atoms with van der Waals surface area (Å²) in [4.78, 5) is 13.5. The molecule has 0 radical (unpaired) electrons. The maximum absolute atomic E-state index is 12.7. The second-order valence-electron chi connectivity index (χ2n) is 2.69. The molecule has 0 spiro atoms. The van der Waals surface area contributed by atoms with Gasteiger partial charge in [0, 0.05) is 11.8 Å². The Kier molecular flexibility index (Phi) is 2.92. The summed E-state index contributed by atoms with van der Waals surface area (Å²) in [5.74, 6) is -1.39. The predicted molar refractivity (Wildman–Crippen MR) is 41.1 cm³/mol. The molecule has 1 aromatic heterocycles. The molecule has 1 heterocycles. The SMILES string of the molecule is O=C(O)c1ccc(C(F)C(F)(F)F)cn1. The van der Waals surface area contributed by atoms with Gasteiger partial charge in [-0.25, -0.2) is 14.2 Å². The van der Waals surface area contributed by atoms with Crippen molar-refractivity contribution in [3.8, 4) is 0 Å². The molecule has 0 saturated heterocycles. The van der Waals surface area contributed by atoms with Crippen molar-refractivity contribution >= 4 is 5.97 Å². The molecular formula is C8H5F4NO2. The molecule has 82 valence electrons. The van der Waals surface area contributed by atoms with Crippen LogP contribution < -0.4 is 0 Å². The normalized spacial score (nSPS) is 13.6. The molecule has 0 bridgehead atoms. The number of hydrogen-bond donors (Lipinski definition) is 1. The average Bonchev–Trinajstić information content (AvgIpc) is 2.15. The standard InChI is InChI=1S/C8H5F4NO2/c9-6(8(10,11)12)4-1-2-5(7(14)15)13-3-4/h1-3,6H,(H,14,15). The van der Waals surface area contributed by atoms with Crippen LogP contribution in [0.2, 0.25) is 0 Å². The Bertz CT molecular complexity index is 360. The van der Waals surface area contributed by atoms with E-state index in [2.05, 4.69) is 4.98 Å². The molecule has 0 amide bonds. The van der Waals surface area contributed by atoms with Gasteiger partial charge in [-0.05, 0) is 6.07 Å². The molecule has 0 fully saturated rings. The monoisotopic (exact) mass is 223 g/mol. The number of carboxylic acids is 1. The molecule has 1 aromatic rings. The first-order valence-corrected chi connectivity index (χ1v) is 3.72. The number of carboxylic acid groups (broad SMARTS) is 1. The van der Waals surface area contributed by atoms with E-state index in [1.54, 1.807) is 0 Å². The number of aromatic carboxylic acids is 1. The van der Waals surface area contributed by atoms with Crippen molar-refractivity contribution in [2.75, 3.05) is 0 Å². The first-order chi connectivity index (χ1) is 6.82. The second-order valence-corrected chi connectivity index (χ2v) is 2.69. The van der Waals surface area contributed by atoms with Gasteiger partial charge < -0.3 is 5.11 Å². The van der Waals surface area contributed by atoms with Gasteiger partial charge in [-0.1, -0.05) is 6.07 Å². The van der Waals surface area contributed by atoms with Gasteiger partial charge in [-0.2, -0.15) is 13.2 Å². The van der Waals surface area contributed by atoms with E-state index in [0.29, 0.717) is 6.20 Å². The molecule has 3 nitrogen and oxygen atoms in total. The number of hydrogen-bond acceptors (Lipinski definition) is 2. The molecule has 0 aliphatic carbocycles. The van der Waals surface area contributed by atoms with Crippen LogP contribution in [0.5, 0.6) is 0 Å². The molecule has 0 saturated carbocycles. The van der Waals surface area contributed by atoms with Gasteiger partial charge in [0.15, 0.2) is 0 Å². The maximum Gasteiger partial charge on any atom is 0.423 e. The minimum atomic E-state index is -5.01. The minimum absolute atomic E-state index is 0.437. The van der Waals surface area contributed by atoms with Gasteiger partial charge in [-0.3, -0.25) is 0 Å². The summed E-state index contributed by atoms with van der Waals surface area (Å²) >= 11 is 0. The Balaban J connectivity index is 2.94. The van der Waals surface area contributed by atoms with Crippen LogP contribution >= 0.6 is 0 Å². The smallest absolute Gasteiger partial charge is 0.423 e. The lowest BCUT2D eigenvalue weighted by Gasteiger charge is -2.11. The summed E-state index contributed by atoms with van der Waals surface area (Å²) in [5.41, 5.74) is -1.15. The van der Waals surface area contributed by atoms with Crippen LogP contribution in [0.3, 0.4) is 0 Å². The quantitative estimate of drug-likeness (QED) is 0.783. The van der Waals surface area contributed by atoms with Crippen molar-refractivity contribution in [2.24, 2.45) is 0 Å². The average molecular weight is 223 g/mol. The molecule has 0 aliphatic heterocycles. The fraction of sp³-hybridized carbons (Fsp3) is 0.250. The molecular weight excluding hydrogens is 218 g/mol. The van der Waals surface area contributed by atoms with Gasteiger partial charge in [0.05, 0.1) is 0 Å². The van der Waals surface area contributed by atoms with Crippen LogP contribution in [0, 0.1) is 0 Å². The van der Waals surface area contributed by atoms with Crippen LogP contribution in [0.1, 0.15) is 22.2 Å². The number of rotatable bonds is 2. The largest absolute Gasteiger partial charge is 0.477 e. The fourth-order valence-electron chi connectivity index (χ4n) is 0.871. The van der Waals surface area contributed by atoms with E-state index in [-0.39, 0.29) is 0 Å². The highest BCUT2D eigenvalue weighted by Gasteiger charge is 2.41. The van der Waals surface area contributed by atoms with Gasteiger partial charge in [0.2, 0.25) is 6.17 Å². The van der Waals surface area contributed by atoms with E-state index in [1.165, 1.54) is 0 Å². The highest BCUT2D eigenvalue weighted by Crippen LogP contribution is 2.35. The van der Waals surface area contributed by atoms with E-state index >= 15 is 0 Å². The Morgan fingerprint density at radius 2 is 2.00 bits per heavy atom. The van der Waals surface area contributed by atoms with Gasteiger partial charge >= 0.3 is 12.1 Å². The lowest BCUT2D eigenvalue weighted by atomic mass is 10.1. The van der Waals surface area contributed by atoms with E-state index in [9.17, 15) is 22.4 Å². The van der Waals surface area contributed by atoms with Gasteiger partial charge in [0.1, 0.15) is 5.69 Å². The summed E-state index contributed by atoms with van der Waals surface area (Å²) < 4.78 is 48.3. The Hall–Kier alpha value is -1.66. The first-order valence-electron chi connectivity index (χ1n) is 3.72. The van der Waals surface area contributed by atoms with Gasteiger partial charge in [-0.15, -0.1) is 0 Å². The lowest BCUT2D eigenvalue weighted by molar-refractivity contribution is -0.182. The van der Waals surface area contributed by atoms with Crippen LogP contribution in [0.15, 0.2) is 18.3 Å². The highest BCUT2D eigenvalue weighted by molar-refractivity contribution is 5.85. The number of nitrogens with zero attached hydrogens (tertiary/aromatic N) is 1. The molecule has 7 heteroatoms. The van der Waals surface area contributed by atoms with E-state index in [1.807, 2.05) is 0 Å². The molecule has 1 atom stereocenters.